The van der Waals surface area contributed by atoms with Gasteiger partial charge in [0.05, 0.1) is 6.54 Å². The molecule has 1 aliphatic carbocycles. The molecule has 0 aromatic heterocycles. The molecule has 1 unspecified atom stereocenters. The summed E-state index contributed by atoms with van der Waals surface area (Å²) in [5.41, 5.74) is 0. The zero-order chi connectivity index (χ0) is 16.2. The van der Waals surface area contributed by atoms with Crippen molar-refractivity contribution in [3.63, 3.8) is 0 Å². The number of carbonyl (C=O) groups is 1. The summed E-state index contributed by atoms with van der Waals surface area (Å²) >= 11 is 0. The summed E-state index contributed by atoms with van der Waals surface area (Å²) < 4.78 is 0. The molecule has 3 aliphatic rings. The average molecular weight is 359 g/mol. The van der Waals surface area contributed by atoms with Crippen molar-refractivity contribution in [3.8, 4) is 0 Å². The second-order valence-corrected chi connectivity index (χ2v) is 7.88. The molecule has 0 spiro atoms. The number of nitrogens with one attached hydrogen (secondary N) is 1. The van der Waals surface area contributed by atoms with E-state index in [9.17, 15) is 4.79 Å². The molecule has 1 atom stereocenters. The molecule has 0 bridgehead atoms. The smallest absolute Gasteiger partial charge is 0.236 e. The Morgan fingerprint density at radius 1 is 1.08 bits per heavy atom. The first-order valence-corrected chi connectivity index (χ1v) is 9.56. The fourth-order valence-electron chi connectivity index (χ4n) is 4.37. The molecule has 3 fully saturated rings. The van der Waals surface area contributed by atoms with Crippen LogP contribution >= 0.6 is 12.4 Å². The molecule has 0 aromatic carbocycles. The van der Waals surface area contributed by atoms with Gasteiger partial charge in [0.2, 0.25) is 5.91 Å². The lowest BCUT2D eigenvalue weighted by Gasteiger charge is -2.39. The summed E-state index contributed by atoms with van der Waals surface area (Å²) in [6.45, 7) is 9.55. The van der Waals surface area contributed by atoms with Gasteiger partial charge in [0.15, 0.2) is 0 Å². The van der Waals surface area contributed by atoms with Crippen molar-refractivity contribution in [1.29, 1.82) is 0 Å². The van der Waals surface area contributed by atoms with Gasteiger partial charge in [0.1, 0.15) is 0 Å². The van der Waals surface area contributed by atoms with Crippen molar-refractivity contribution in [3.05, 3.63) is 0 Å². The van der Waals surface area contributed by atoms with Crippen LogP contribution in [0.2, 0.25) is 0 Å². The molecule has 2 heterocycles. The Bertz CT molecular complexity index is 386. The Labute approximate surface area is 153 Å². The topological polar surface area (TPSA) is 38.8 Å². The van der Waals surface area contributed by atoms with Crippen LogP contribution in [-0.2, 0) is 4.79 Å². The normalized spacial score (nSPS) is 32.3. The summed E-state index contributed by atoms with van der Waals surface area (Å²) in [6, 6.07) is 1.20. The van der Waals surface area contributed by atoms with Crippen molar-refractivity contribution in [2.75, 3.05) is 52.9 Å². The molecule has 2 saturated heterocycles. The summed E-state index contributed by atoms with van der Waals surface area (Å²) in [7, 11) is 2.02. The van der Waals surface area contributed by atoms with Crippen LogP contribution in [0.3, 0.4) is 0 Å². The molecule has 1 amide bonds. The molecular formula is C18H35ClN4O. The highest BCUT2D eigenvalue weighted by Crippen LogP contribution is 2.26. The molecule has 24 heavy (non-hydrogen) atoms. The molecule has 0 aromatic rings. The Morgan fingerprint density at radius 3 is 2.33 bits per heavy atom. The molecule has 1 saturated carbocycles. The number of hydrogen-bond donors (Lipinski definition) is 1. The van der Waals surface area contributed by atoms with Gasteiger partial charge in [-0.3, -0.25) is 14.6 Å². The van der Waals surface area contributed by atoms with Gasteiger partial charge >= 0.3 is 0 Å². The number of hydrogen-bond acceptors (Lipinski definition) is 4. The van der Waals surface area contributed by atoms with E-state index in [0.717, 1.165) is 51.2 Å². The Morgan fingerprint density at radius 2 is 1.75 bits per heavy atom. The van der Waals surface area contributed by atoms with E-state index in [1.165, 1.54) is 32.1 Å². The van der Waals surface area contributed by atoms with Crippen LogP contribution in [0.4, 0.5) is 0 Å². The van der Waals surface area contributed by atoms with Crippen LogP contribution in [-0.4, -0.2) is 85.6 Å². The Balaban J connectivity index is 0.00000208. The largest absolute Gasteiger partial charge is 0.342 e. The van der Waals surface area contributed by atoms with Gasteiger partial charge in [0, 0.05) is 51.9 Å². The van der Waals surface area contributed by atoms with Crippen LogP contribution in [0.15, 0.2) is 0 Å². The highest BCUT2D eigenvalue weighted by molar-refractivity contribution is 5.85. The first kappa shape index (κ1) is 20.0. The van der Waals surface area contributed by atoms with Gasteiger partial charge < -0.3 is 10.2 Å². The van der Waals surface area contributed by atoms with E-state index >= 15 is 0 Å². The van der Waals surface area contributed by atoms with E-state index in [4.69, 9.17) is 0 Å². The van der Waals surface area contributed by atoms with Crippen molar-refractivity contribution >= 4 is 18.3 Å². The molecule has 0 radical (unpaired) electrons. The second kappa shape index (κ2) is 9.37. The zero-order valence-electron chi connectivity index (χ0n) is 15.4. The number of nitrogens with zero attached hydrogens (tertiary/aromatic N) is 3. The number of likely N-dealkylation sites (N-methyl/N-ethyl adjacent to an activating group) is 1. The van der Waals surface area contributed by atoms with Crippen LogP contribution in [0.5, 0.6) is 0 Å². The quantitative estimate of drug-likeness (QED) is 0.825. The maximum Gasteiger partial charge on any atom is 0.236 e. The number of piperazine rings is 1. The van der Waals surface area contributed by atoms with Crippen molar-refractivity contribution in [2.24, 2.45) is 5.92 Å². The van der Waals surface area contributed by atoms with Gasteiger partial charge in [-0.1, -0.05) is 6.92 Å². The van der Waals surface area contributed by atoms with E-state index in [-0.39, 0.29) is 12.4 Å². The summed E-state index contributed by atoms with van der Waals surface area (Å²) in [5, 5.41) is 3.45. The number of rotatable bonds is 4. The van der Waals surface area contributed by atoms with Crippen LogP contribution in [0.1, 0.15) is 39.0 Å². The molecule has 5 nitrogen and oxygen atoms in total. The maximum atomic E-state index is 12.6. The van der Waals surface area contributed by atoms with E-state index < -0.39 is 0 Å². The monoisotopic (exact) mass is 358 g/mol. The molecule has 6 heteroatoms. The van der Waals surface area contributed by atoms with Crippen LogP contribution in [0, 0.1) is 5.92 Å². The maximum absolute atomic E-state index is 12.6. The predicted octanol–water partition coefficient (Wildman–Crippen LogP) is 1.42. The number of amides is 1. The van der Waals surface area contributed by atoms with Crippen molar-refractivity contribution < 1.29 is 4.79 Å². The third-order valence-electron chi connectivity index (χ3n) is 6.24. The fraction of sp³-hybridized carbons (Fsp3) is 0.944. The fourth-order valence-corrected chi connectivity index (χ4v) is 4.37. The van der Waals surface area contributed by atoms with Gasteiger partial charge in [-0.2, -0.15) is 0 Å². The predicted molar refractivity (Wildman–Crippen MR) is 101 cm³/mol. The Kier molecular flexibility index (Phi) is 7.79. The highest BCUT2D eigenvalue weighted by atomic mass is 35.5. The lowest BCUT2D eigenvalue weighted by molar-refractivity contribution is -0.134. The number of halogens is 1. The summed E-state index contributed by atoms with van der Waals surface area (Å²) in [6.07, 6.45) is 6.20. The molecule has 3 rings (SSSR count). The Hall–Kier alpha value is -0.360. The number of carbonyl (C=O) groups excluding carboxylic acids is 1. The minimum Gasteiger partial charge on any atom is -0.342 e. The molecule has 2 aliphatic heterocycles. The second-order valence-electron chi connectivity index (χ2n) is 7.88. The van der Waals surface area contributed by atoms with E-state index in [1.54, 1.807) is 0 Å². The van der Waals surface area contributed by atoms with E-state index in [1.807, 2.05) is 11.9 Å². The SMILES string of the molecule is CC1CCC(N(C)C(=O)CN2CCN(C3CCNC3)CC2)CC1.Cl. The third kappa shape index (κ3) is 5.07. The molecule has 1 N–H and O–H groups in total. The van der Waals surface area contributed by atoms with E-state index in [2.05, 4.69) is 22.0 Å². The van der Waals surface area contributed by atoms with Gasteiger partial charge in [-0.05, 0) is 44.6 Å². The lowest BCUT2D eigenvalue weighted by Crippen LogP contribution is -2.53. The first-order valence-electron chi connectivity index (χ1n) is 9.56. The lowest BCUT2D eigenvalue weighted by atomic mass is 9.87. The first-order chi connectivity index (χ1) is 11.1. The molecular weight excluding hydrogens is 324 g/mol. The minimum absolute atomic E-state index is 0. The van der Waals surface area contributed by atoms with Gasteiger partial charge in [0.25, 0.3) is 0 Å². The molecule has 140 valence electrons. The standard InChI is InChI=1S/C18H34N4O.ClH/c1-15-3-5-16(6-4-15)20(2)18(23)14-21-9-11-22(12-10-21)17-7-8-19-13-17;/h15-17,19H,3-14H2,1-2H3;1H. The van der Waals surface area contributed by atoms with Crippen LogP contribution < -0.4 is 5.32 Å². The summed E-state index contributed by atoms with van der Waals surface area (Å²) in [4.78, 5) is 19.6. The third-order valence-corrected chi connectivity index (χ3v) is 6.24. The van der Waals surface area contributed by atoms with E-state index in [0.29, 0.717) is 18.5 Å². The zero-order valence-corrected chi connectivity index (χ0v) is 16.2. The van der Waals surface area contributed by atoms with Gasteiger partial charge in [-0.15, -0.1) is 12.4 Å². The average Bonchev–Trinajstić information content (AvgIpc) is 3.10. The van der Waals surface area contributed by atoms with Gasteiger partial charge in [-0.25, -0.2) is 0 Å². The van der Waals surface area contributed by atoms with Crippen molar-refractivity contribution in [1.82, 2.24) is 20.0 Å². The van der Waals surface area contributed by atoms with Crippen molar-refractivity contribution in [2.45, 2.75) is 51.1 Å². The van der Waals surface area contributed by atoms with Crippen LogP contribution in [0.25, 0.3) is 0 Å². The minimum atomic E-state index is 0. The summed E-state index contributed by atoms with van der Waals surface area (Å²) in [5.74, 6) is 1.16. The highest BCUT2D eigenvalue weighted by Gasteiger charge is 2.29.